The molecule has 0 saturated carbocycles. The van der Waals surface area contributed by atoms with E-state index in [1.165, 1.54) is 88.6 Å². The summed E-state index contributed by atoms with van der Waals surface area (Å²) in [6.45, 7) is 4.88. The number of nitrogens with zero attached hydrogens (tertiary/aromatic N) is 2. The Kier molecular flexibility index (Phi) is 6.67. The molecule has 0 saturated heterocycles. The molecule has 2 heteroatoms. The van der Waals surface area contributed by atoms with Crippen molar-refractivity contribution in [2.24, 2.45) is 0 Å². The SMILES string of the molecule is CC1(C2=CCC3(C)C(=C2)c2ccccc2N3c2ccccc2)CC=C(c2ccc3c4ccccc4n(-c4ccc5ccccc5c4)c3c2)c2ccccc21. The largest absolute Gasteiger partial charge is 0.331 e. The molecule has 1 aliphatic heterocycles. The maximum Gasteiger partial charge on any atom is 0.0715 e. The first-order valence-corrected chi connectivity index (χ1v) is 19.2. The van der Waals surface area contributed by atoms with E-state index >= 15 is 0 Å². The van der Waals surface area contributed by atoms with Gasteiger partial charge in [0, 0.05) is 38.8 Å². The third-order valence-electron chi connectivity index (χ3n) is 12.7. The molecule has 7 aromatic carbocycles. The van der Waals surface area contributed by atoms with Gasteiger partial charge in [-0.1, -0.05) is 146 Å². The molecule has 0 amide bonds. The van der Waals surface area contributed by atoms with E-state index in [-0.39, 0.29) is 11.0 Å². The molecule has 0 fully saturated rings. The molecular formula is C52H40N2. The zero-order chi connectivity index (χ0) is 36.0. The minimum atomic E-state index is -0.159. The van der Waals surface area contributed by atoms with Crippen molar-refractivity contribution in [3.05, 3.63) is 210 Å². The Bertz CT molecular complexity index is 2920. The van der Waals surface area contributed by atoms with Crippen LogP contribution in [0.25, 0.3) is 49.4 Å². The summed E-state index contributed by atoms with van der Waals surface area (Å²) in [5.41, 5.74) is 15.3. The fraction of sp³-hybridized carbons (Fsp3) is 0.115. The van der Waals surface area contributed by atoms with Crippen LogP contribution in [-0.2, 0) is 5.41 Å². The molecule has 0 spiro atoms. The van der Waals surface area contributed by atoms with E-state index in [9.17, 15) is 0 Å². The van der Waals surface area contributed by atoms with Gasteiger partial charge >= 0.3 is 0 Å². The molecule has 0 N–H and O–H groups in total. The van der Waals surface area contributed by atoms with Crippen molar-refractivity contribution in [3.63, 3.8) is 0 Å². The van der Waals surface area contributed by atoms with Gasteiger partial charge in [-0.05, 0) is 106 Å². The Morgan fingerprint density at radius 3 is 2.13 bits per heavy atom. The van der Waals surface area contributed by atoms with Crippen molar-refractivity contribution in [1.29, 1.82) is 0 Å². The zero-order valence-electron chi connectivity index (χ0n) is 30.6. The number of anilines is 2. The van der Waals surface area contributed by atoms with Crippen molar-refractivity contribution in [1.82, 2.24) is 4.57 Å². The molecule has 258 valence electrons. The quantitative estimate of drug-likeness (QED) is 0.178. The van der Waals surface area contributed by atoms with Crippen LogP contribution in [0.2, 0.25) is 0 Å². The van der Waals surface area contributed by atoms with Gasteiger partial charge in [-0.15, -0.1) is 0 Å². The maximum atomic E-state index is 2.56. The highest BCUT2D eigenvalue weighted by Gasteiger charge is 2.47. The highest BCUT2D eigenvalue weighted by atomic mass is 15.2. The van der Waals surface area contributed by atoms with Crippen molar-refractivity contribution in [2.75, 3.05) is 4.90 Å². The van der Waals surface area contributed by atoms with Crippen LogP contribution in [0.3, 0.4) is 0 Å². The summed E-state index contributed by atoms with van der Waals surface area (Å²) in [5.74, 6) is 0. The summed E-state index contributed by atoms with van der Waals surface area (Å²) in [7, 11) is 0. The Morgan fingerprint density at radius 1 is 0.519 bits per heavy atom. The number of allylic oxidation sites excluding steroid dienone is 3. The van der Waals surface area contributed by atoms with E-state index in [1.54, 1.807) is 0 Å². The minimum Gasteiger partial charge on any atom is -0.331 e. The highest BCUT2D eigenvalue weighted by molar-refractivity contribution is 6.10. The van der Waals surface area contributed by atoms with Crippen LogP contribution in [0.4, 0.5) is 11.4 Å². The van der Waals surface area contributed by atoms with Gasteiger partial charge in [0.15, 0.2) is 0 Å². The maximum absolute atomic E-state index is 2.56. The minimum absolute atomic E-state index is 0.154. The summed E-state index contributed by atoms with van der Waals surface area (Å²) in [6.07, 6.45) is 9.46. The number of hydrogen-bond acceptors (Lipinski definition) is 1. The van der Waals surface area contributed by atoms with Crippen molar-refractivity contribution in [2.45, 2.75) is 37.6 Å². The van der Waals surface area contributed by atoms with Gasteiger partial charge in [0.1, 0.15) is 0 Å². The molecule has 8 aromatic rings. The third-order valence-corrected chi connectivity index (χ3v) is 12.7. The van der Waals surface area contributed by atoms with Gasteiger partial charge in [0.25, 0.3) is 0 Å². The van der Waals surface area contributed by atoms with Gasteiger partial charge in [0.2, 0.25) is 0 Å². The monoisotopic (exact) mass is 692 g/mol. The van der Waals surface area contributed by atoms with E-state index in [2.05, 4.69) is 205 Å². The second kappa shape index (κ2) is 11.6. The lowest BCUT2D eigenvalue weighted by molar-refractivity contribution is 0.545. The van der Waals surface area contributed by atoms with E-state index < -0.39 is 0 Å². The van der Waals surface area contributed by atoms with Crippen LogP contribution < -0.4 is 4.90 Å². The van der Waals surface area contributed by atoms with Gasteiger partial charge < -0.3 is 9.47 Å². The first-order chi connectivity index (χ1) is 26.5. The lowest BCUT2D eigenvalue weighted by Gasteiger charge is -2.43. The first kappa shape index (κ1) is 31.2. The molecule has 0 radical (unpaired) electrons. The van der Waals surface area contributed by atoms with Crippen molar-refractivity contribution < 1.29 is 0 Å². The summed E-state index contributed by atoms with van der Waals surface area (Å²) < 4.78 is 2.45. The molecule has 1 aromatic heterocycles. The molecule has 2 heterocycles. The molecule has 54 heavy (non-hydrogen) atoms. The van der Waals surface area contributed by atoms with Gasteiger partial charge in [-0.3, -0.25) is 0 Å². The lowest BCUT2D eigenvalue weighted by atomic mass is 9.64. The number of fused-ring (bicyclic) bond motifs is 8. The van der Waals surface area contributed by atoms with Gasteiger partial charge in [-0.25, -0.2) is 0 Å². The predicted molar refractivity (Wildman–Crippen MR) is 228 cm³/mol. The Hall–Kier alpha value is -6.38. The number of benzene rings is 7. The summed E-state index contributed by atoms with van der Waals surface area (Å²) in [6, 6.07) is 60.4. The van der Waals surface area contributed by atoms with Crippen LogP contribution in [0.15, 0.2) is 188 Å². The van der Waals surface area contributed by atoms with E-state index in [1.807, 2.05) is 0 Å². The first-order valence-electron chi connectivity index (χ1n) is 19.2. The molecular weight excluding hydrogens is 653 g/mol. The molecule has 2 unspecified atom stereocenters. The summed E-state index contributed by atoms with van der Waals surface area (Å²) >= 11 is 0. The number of aromatic nitrogens is 1. The zero-order valence-corrected chi connectivity index (χ0v) is 30.6. The van der Waals surface area contributed by atoms with Crippen molar-refractivity contribution in [3.8, 4) is 5.69 Å². The molecule has 0 bridgehead atoms. The fourth-order valence-electron chi connectivity index (χ4n) is 9.92. The normalized spacial score (nSPS) is 20.3. The van der Waals surface area contributed by atoms with Crippen LogP contribution in [0.5, 0.6) is 0 Å². The number of hydrogen-bond donors (Lipinski definition) is 0. The van der Waals surface area contributed by atoms with E-state index in [4.69, 9.17) is 0 Å². The highest BCUT2D eigenvalue weighted by Crippen LogP contribution is 2.57. The Labute approximate surface area is 316 Å². The van der Waals surface area contributed by atoms with Crippen LogP contribution in [0, 0.1) is 0 Å². The van der Waals surface area contributed by atoms with Crippen molar-refractivity contribution >= 4 is 55.1 Å². The molecule has 3 aliphatic rings. The van der Waals surface area contributed by atoms with Crippen LogP contribution in [0.1, 0.15) is 48.9 Å². The average molecular weight is 693 g/mol. The molecule has 2 nitrogen and oxygen atoms in total. The average Bonchev–Trinajstić information content (AvgIpc) is 3.69. The lowest BCUT2D eigenvalue weighted by Crippen LogP contribution is -2.42. The third kappa shape index (κ3) is 4.40. The summed E-state index contributed by atoms with van der Waals surface area (Å²) in [5, 5.41) is 5.07. The molecule has 2 aliphatic carbocycles. The second-order valence-electron chi connectivity index (χ2n) is 15.7. The fourth-order valence-corrected chi connectivity index (χ4v) is 9.92. The van der Waals surface area contributed by atoms with Crippen LogP contribution >= 0.6 is 0 Å². The second-order valence-corrected chi connectivity index (χ2v) is 15.7. The standard InChI is InChI=1S/C52H40N2/c1-51(38-28-31-52(2)47(34-38)45-20-10-13-23-49(45)54(52)39-16-4-3-5-17-39)30-29-41(42-18-8-11-21-46(42)51)37-25-27-44-43-19-9-12-22-48(43)53(50(44)33-37)40-26-24-35-14-6-7-15-36(35)32-40/h3-29,32-34H,30-31H2,1-2H3. The number of rotatable bonds is 4. The van der Waals surface area contributed by atoms with Gasteiger partial charge in [-0.2, -0.15) is 0 Å². The van der Waals surface area contributed by atoms with E-state index in [0.717, 1.165) is 12.8 Å². The van der Waals surface area contributed by atoms with Crippen LogP contribution in [-0.4, -0.2) is 10.1 Å². The van der Waals surface area contributed by atoms with E-state index in [0.29, 0.717) is 0 Å². The molecule has 2 atom stereocenters. The predicted octanol–water partition coefficient (Wildman–Crippen LogP) is 13.4. The smallest absolute Gasteiger partial charge is 0.0715 e. The topological polar surface area (TPSA) is 8.17 Å². The number of para-hydroxylation sites is 3. The Morgan fingerprint density at radius 2 is 1.24 bits per heavy atom. The molecule has 11 rings (SSSR count). The van der Waals surface area contributed by atoms with Gasteiger partial charge in [0.05, 0.1) is 16.6 Å². The Balaban J connectivity index is 1.03. The summed E-state index contributed by atoms with van der Waals surface area (Å²) in [4.78, 5) is 2.56.